The molecule has 2 aliphatic rings. The van der Waals surface area contributed by atoms with Crippen molar-refractivity contribution in [3.8, 4) is 11.1 Å². The van der Waals surface area contributed by atoms with E-state index in [9.17, 15) is 19.2 Å². The van der Waals surface area contributed by atoms with Crippen LogP contribution in [0.15, 0.2) is 54.9 Å². The zero-order valence-electron chi connectivity index (χ0n) is 20.1. The largest absolute Gasteiger partial charge is 0.354 e. The SMILES string of the molecule is Cc1cc(-c2cc3c(cnn3C)cc2Nc2cccc3c2C(=O)N(C2CCC(=O)NC2=O)C3=O)ccn1. The molecule has 0 aliphatic carbocycles. The molecule has 0 radical (unpaired) electrons. The van der Waals surface area contributed by atoms with Gasteiger partial charge in [-0.2, -0.15) is 5.10 Å². The van der Waals surface area contributed by atoms with Gasteiger partial charge in [-0.3, -0.25) is 39.1 Å². The van der Waals surface area contributed by atoms with Crippen molar-refractivity contribution in [2.24, 2.45) is 7.05 Å². The Morgan fingerprint density at radius 3 is 2.62 bits per heavy atom. The molecule has 0 bridgehead atoms. The Bertz CT molecular complexity index is 1660. The summed E-state index contributed by atoms with van der Waals surface area (Å²) < 4.78 is 1.79. The topological polar surface area (TPSA) is 126 Å². The van der Waals surface area contributed by atoms with E-state index in [1.165, 1.54) is 0 Å². The number of pyridine rings is 1. The van der Waals surface area contributed by atoms with Gasteiger partial charge in [0, 0.05) is 42.0 Å². The summed E-state index contributed by atoms with van der Waals surface area (Å²) in [6, 6.07) is 11.8. The van der Waals surface area contributed by atoms with E-state index in [0.717, 1.165) is 38.3 Å². The Morgan fingerprint density at radius 2 is 1.84 bits per heavy atom. The van der Waals surface area contributed by atoms with Gasteiger partial charge in [0.25, 0.3) is 11.8 Å². The Kier molecular flexibility index (Phi) is 5.11. The molecule has 0 spiro atoms. The highest BCUT2D eigenvalue weighted by Crippen LogP contribution is 2.38. The number of rotatable bonds is 4. The molecule has 37 heavy (non-hydrogen) atoms. The number of hydrogen-bond acceptors (Lipinski definition) is 7. The quantitative estimate of drug-likeness (QED) is 0.418. The lowest BCUT2D eigenvalue weighted by atomic mass is 10.0. The Morgan fingerprint density at radius 1 is 1.00 bits per heavy atom. The maximum atomic E-state index is 13.5. The number of anilines is 2. The van der Waals surface area contributed by atoms with E-state index in [1.807, 2.05) is 38.2 Å². The number of aryl methyl sites for hydroxylation is 2. The molecule has 1 fully saturated rings. The van der Waals surface area contributed by atoms with Crippen molar-refractivity contribution in [2.45, 2.75) is 25.8 Å². The second kappa shape index (κ2) is 8.37. The van der Waals surface area contributed by atoms with Crippen LogP contribution >= 0.6 is 0 Å². The molecule has 2 aliphatic heterocycles. The van der Waals surface area contributed by atoms with Crippen LogP contribution < -0.4 is 10.6 Å². The fraction of sp³-hybridized carbons (Fsp3) is 0.185. The molecule has 10 heteroatoms. The van der Waals surface area contributed by atoms with Crippen LogP contribution in [0.4, 0.5) is 11.4 Å². The van der Waals surface area contributed by atoms with Crippen molar-refractivity contribution in [1.82, 2.24) is 25.0 Å². The number of piperidine rings is 1. The van der Waals surface area contributed by atoms with Gasteiger partial charge in [-0.25, -0.2) is 0 Å². The maximum absolute atomic E-state index is 13.5. The van der Waals surface area contributed by atoms with Crippen LogP contribution in [0.25, 0.3) is 22.0 Å². The molecule has 4 heterocycles. The van der Waals surface area contributed by atoms with E-state index in [1.54, 1.807) is 35.3 Å². The average Bonchev–Trinajstić information content (AvgIpc) is 3.35. The number of nitrogens with zero attached hydrogens (tertiary/aromatic N) is 4. The molecule has 2 aromatic carbocycles. The molecular weight excluding hydrogens is 472 g/mol. The van der Waals surface area contributed by atoms with Crippen molar-refractivity contribution in [3.05, 3.63) is 71.7 Å². The van der Waals surface area contributed by atoms with E-state index in [4.69, 9.17) is 0 Å². The van der Waals surface area contributed by atoms with Gasteiger partial charge < -0.3 is 5.32 Å². The third-order valence-electron chi connectivity index (χ3n) is 6.83. The minimum atomic E-state index is -1.03. The van der Waals surface area contributed by atoms with Crippen molar-refractivity contribution in [3.63, 3.8) is 0 Å². The highest BCUT2D eigenvalue weighted by molar-refractivity contribution is 6.25. The first-order chi connectivity index (χ1) is 17.8. The monoisotopic (exact) mass is 494 g/mol. The zero-order chi connectivity index (χ0) is 25.8. The summed E-state index contributed by atoms with van der Waals surface area (Å²) in [4.78, 5) is 56.1. The van der Waals surface area contributed by atoms with Crippen LogP contribution in [-0.2, 0) is 16.6 Å². The summed E-state index contributed by atoms with van der Waals surface area (Å²) in [6.07, 6.45) is 3.66. The van der Waals surface area contributed by atoms with Gasteiger partial charge in [0.05, 0.1) is 28.5 Å². The first-order valence-electron chi connectivity index (χ1n) is 11.8. The molecule has 0 saturated carbocycles. The number of benzene rings is 2. The highest BCUT2D eigenvalue weighted by Gasteiger charge is 2.45. The number of aromatic nitrogens is 3. The van der Waals surface area contributed by atoms with E-state index in [0.29, 0.717) is 5.69 Å². The molecule has 2 aromatic heterocycles. The second-order valence-corrected chi connectivity index (χ2v) is 9.21. The predicted molar refractivity (Wildman–Crippen MR) is 135 cm³/mol. The van der Waals surface area contributed by atoms with Gasteiger partial charge in [0.2, 0.25) is 11.8 Å². The number of nitrogens with one attached hydrogen (secondary N) is 2. The predicted octanol–water partition coefficient (Wildman–Crippen LogP) is 3.09. The smallest absolute Gasteiger partial charge is 0.264 e. The summed E-state index contributed by atoms with van der Waals surface area (Å²) in [5.41, 5.74) is 5.17. The van der Waals surface area contributed by atoms with Gasteiger partial charge in [-0.15, -0.1) is 0 Å². The number of imide groups is 2. The first kappa shape index (κ1) is 22.6. The number of carbonyl (C=O) groups is 4. The standard InChI is InChI=1S/C27H22N6O4/c1-14-10-15(8-9-28-14)18-12-22-16(13-29-32(22)2)11-20(18)30-19-5-3-4-17-24(19)27(37)33(26(17)36)21-6-7-23(34)31-25(21)35/h3-5,8-13,21,30H,6-7H2,1-2H3,(H,31,34,35). The minimum absolute atomic E-state index is 0.0642. The van der Waals surface area contributed by atoms with Crippen molar-refractivity contribution in [1.29, 1.82) is 0 Å². The second-order valence-electron chi connectivity index (χ2n) is 9.21. The van der Waals surface area contributed by atoms with Crippen LogP contribution in [0.5, 0.6) is 0 Å². The van der Waals surface area contributed by atoms with Crippen LogP contribution in [0.1, 0.15) is 39.3 Å². The lowest BCUT2D eigenvalue weighted by Crippen LogP contribution is -2.54. The lowest BCUT2D eigenvalue weighted by molar-refractivity contribution is -0.136. The molecule has 2 N–H and O–H groups in total. The highest BCUT2D eigenvalue weighted by atomic mass is 16.2. The van der Waals surface area contributed by atoms with Crippen molar-refractivity contribution in [2.75, 3.05) is 5.32 Å². The number of carbonyl (C=O) groups excluding carboxylic acids is 4. The fourth-order valence-electron chi connectivity index (χ4n) is 5.02. The fourth-order valence-corrected chi connectivity index (χ4v) is 5.02. The third-order valence-corrected chi connectivity index (χ3v) is 6.83. The van der Waals surface area contributed by atoms with Crippen molar-refractivity contribution < 1.29 is 19.2 Å². The minimum Gasteiger partial charge on any atom is -0.354 e. The zero-order valence-corrected chi connectivity index (χ0v) is 20.1. The number of hydrogen-bond donors (Lipinski definition) is 2. The molecule has 1 atom stereocenters. The van der Waals surface area contributed by atoms with Gasteiger partial charge in [0.15, 0.2) is 0 Å². The normalized spacial score (nSPS) is 17.4. The first-order valence-corrected chi connectivity index (χ1v) is 11.8. The molecular formula is C27H22N6O4. The molecule has 4 aromatic rings. The maximum Gasteiger partial charge on any atom is 0.264 e. The summed E-state index contributed by atoms with van der Waals surface area (Å²) in [5, 5.41) is 10.9. The summed E-state index contributed by atoms with van der Waals surface area (Å²) >= 11 is 0. The number of fused-ring (bicyclic) bond motifs is 2. The van der Waals surface area contributed by atoms with Crippen LogP contribution in [-0.4, -0.2) is 49.3 Å². The van der Waals surface area contributed by atoms with E-state index in [-0.39, 0.29) is 24.0 Å². The molecule has 1 saturated heterocycles. The van der Waals surface area contributed by atoms with Crippen molar-refractivity contribution >= 4 is 45.9 Å². The summed E-state index contributed by atoms with van der Waals surface area (Å²) in [6.45, 7) is 1.91. The summed E-state index contributed by atoms with van der Waals surface area (Å²) in [7, 11) is 1.87. The van der Waals surface area contributed by atoms with Gasteiger partial charge in [-0.1, -0.05) is 6.07 Å². The molecule has 4 amide bonds. The van der Waals surface area contributed by atoms with E-state index in [2.05, 4.69) is 20.7 Å². The van der Waals surface area contributed by atoms with Crippen LogP contribution in [0.2, 0.25) is 0 Å². The summed E-state index contributed by atoms with van der Waals surface area (Å²) in [5.74, 6) is -2.17. The molecule has 184 valence electrons. The number of amides is 4. The van der Waals surface area contributed by atoms with Gasteiger partial charge in [-0.05, 0) is 55.3 Å². The lowest BCUT2D eigenvalue weighted by Gasteiger charge is -2.27. The Hall–Kier alpha value is -4.86. The van der Waals surface area contributed by atoms with Gasteiger partial charge >= 0.3 is 0 Å². The van der Waals surface area contributed by atoms with Gasteiger partial charge in [0.1, 0.15) is 6.04 Å². The van der Waals surface area contributed by atoms with E-state index < -0.39 is 29.7 Å². The average molecular weight is 495 g/mol. The van der Waals surface area contributed by atoms with Crippen LogP contribution in [0.3, 0.4) is 0 Å². The van der Waals surface area contributed by atoms with Crippen LogP contribution in [0, 0.1) is 6.92 Å². The molecule has 1 unspecified atom stereocenters. The molecule has 6 rings (SSSR count). The Balaban J connectivity index is 1.44. The Labute approximate surface area is 211 Å². The third kappa shape index (κ3) is 3.65. The molecule has 10 nitrogen and oxygen atoms in total. The van der Waals surface area contributed by atoms with E-state index >= 15 is 0 Å².